The largest absolute Gasteiger partial charge is 0.469 e. The minimum atomic E-state index is -1.52. The van der Waals surface area contributed by atoms with Crippen molar-refractivity contribution in [3.05, 3.63) is 34.4 Å². The van der Waals surface area contributed by atoms with Crippen molar-refractivity contribution in [2.45, 2.75) is 32.8 Å². The van der Waals surface area contributed by atoms with Gasteiger partial charge < -0.3 is 9.47 Å². The second kappa shape index (κ2) is 6.14. The summed E-state index contributed by atoms with van der Waals surface area (Å²) in [6.07, 6.45) is 0.0489. The number of hydrogen-bond acceptors (Lipinski definition) is 6. The molecule has 0 N–H and O–H groups in total. The smallest absolute Gasteiger partial charge is 0.357 e. The van der Waals surface area contributed by atoms with E-state index in [-0.39, 0.29) is 17.9 Å². The molecule has 108 valence electrons. The van der Waals surface area contributed by atoms with Gasteiger partial charge in [-0.2, -0.15) is 0 Å². The van der Waals surface area contributed by atoms with Gasteiger partial charge in [0.05, 0.1) is 4.92 Å². The standard InChI is InChI=1S/C13H15NO6/c1-4-11(15)19-12(16)13(2,3)20-10-8-6-5-7-9(10)14(17)18/h5-8H,4H2,1-3H3. The van der Waals surface area contributed by atoms with Gasteiger partial charge in [-0.3, -0.25) is 14.9 Å². The molecule has 0 fully saturated rings. The SMILES string of the molecule is CCC(=O)OC(=O)C(C)(C)Oc1ccccc1[N+](=O)[O-]. The third kappa shape index (κ3) is 3.78. The Bertz CT molecular complexity index is 537. The summed E-state index contributed by atoms with van der Waals surface area (Å²) >= 11 is 0. The number of rotatable bonds is 5. The summed E-state index contributed by atoms with van der Waals surface area (Å²) in [7, 11) is 0. The third-order valence-electron chi connectivity index (χ3n) is 2.41. The van der Waals surface area contributed by atoms with Crippen molar-refractivity contribution in [2.75, 3.05) is 0 Å². The molecule has 1 aromatic rings. The maximum absolute atomic E-state index is 11.8. The Morgan fingerprint density at radius 2 is 1.90 bits per heavy atom. The van der Waals surface area contributed by atoms with Crippen LogP contribution >= 0.6 is 0 Å². The van der Waals surface area contributed by atoms with Crippen LogP contribution in [0.2, 0.25) is 0 Å². The fourth-order valence-electron chi connectivity index (χ4n) is 1.31. The van der Waals surface area contributed by atoms with E-state index in [1.165, 1.54) is 32.0 Å². The number of carbonyl (C=O) groups excluding carboxylic acids is 2. The molecule has 0 aromatic heterocycles. The average Bonchev–Trinajstić information content (AvgIpc) is 2.38. The van der Waals surface area contributed by atoms with Gasteiger partial charge in [0.25, 0.3) is 0 Å². The number of para-hydroxylation sites is 2. The van der Waals surface area contributed by atoms with Gasteiger partial charge in [-0.25, -0.2) is 4.79 Å². The van der Waals surface area contributed by atoms with Crippen molar-refractivity contribution in [3.63, 3.8) is 0 Å². The Kier molecular flexibility index (Phi) is 4.79. The molecule has 7 nitrogen and oxygen atoms in total. The summed E-state index contributed by atoms with van der Waals surface area (Å²) in [5.41, 5.74) is -1.79. The number of carbonyl (C=O) groups is 2. The molecule has 0 atom stereocenters. The van der Waals surface area contributed by atoms with Crippen LogP contribution in [0.3, 0.4) is 0 Å². The lowest BCUT2D eigenvalue weighted by molar-refractivity contribution is -0.386. The fraction of sp³-hybridized carbons (Fsp3) is 0.385. The first-order valence-corrected chi connectivity index (χ1v) is 5.95. The molecular weight excluding hydrogens is 266 g/mol. The molecule has 0 saturated heterocycles. The highest BCUT2D eigenvalue weighted by Crippen LogP contribution is 2.29. The first-order chi connectivity index (χ1) is 9.27. The van der Waals surface area contributed by atoms with Crippen LogP contribution in [-0.4, -0.2) is 22.5 Å². The third-order valence-corrected chi connectivity index (χ3v) is 2.41. The summed E-state index contributed by atoms with van der Waals surface area (Å²) in [5.74, 6) is -1.65. The Morgan fingerprint density at radius 3 is 2.45 bits per heavy atom. The van der Waals surface area contributed by atoms with Crippen molar-refractivity contribution in [3.8, 4) is 5.75 Å². The molecule has 0 heterocycles. The molecule has 20 heavy (non-hydrogen) atoms. The van der Waals surface area contributed by atoms with Gasteiger partial charge in [0.1, 0.15) is 0 Å². The highest BCUT2D eigenvalue weighted by atomic mass is 16.6. The number of ether oxygens (including phenoxy) is 2. The van der Waals surface area contributed by atoms with Crippen LogP contribution in [0.15, 0.2) is 24.3 Å². The van der Waals surface area contributed by atoms with Crippen LogP contribution in [0.5, 0.6) is 5.75 Å². The number of nitrogens with zero attached hydrogens (tertiary/aromatic N) is 1. The van der Waals surface area contributed by atoms with Gasteiger partial charge in [-0.05, 0) is 19.9 Å². The number of esters is 2. The number of hydrogen-bond donors (Lipinski definition) is 0. The van der Waals surface area contributed by atoms with E-state index in [1.54, 1.807) is 13.0 Å². The molecule has 0 aliphatic heterocycles. The van der Waals surface area contributed by atoms with Crippen molar-refractivity contribution >= 4 is 17.6 Å². The summed E-state index contributed by atoms with van der Waals surface area (Å²) in [5, 5.41) is 10.9. The summed E-state index contributed by atoms with van der Waals surface area (Å²) in [6, 6.07) is 5.65. The zero-order valence-corrected chi connectivity index (χ0v) is 11.4. The fourth-order valence-corrected chi connectivity index (χ4v) is 1.31. The zero-order chi connectivity index (χ0) is 15.3. The molecule has 0 spiro atoms. The topological polar surface area (TPSA) is 95.7 Å². The van der Waals surface area contributed by atoms with E-state index < -0.39 is 22.5 Å². The van der Waals surface area contributed by atoms with Crippen molar-refractivity contribution in [2.24, 2.45) is 0 Å². The Morgan fingerprint density at radius 1 is 1.30 bits per heavy atom. The molecule has 7 heteroatoms. The Balaban J connectivity index is 2.93. The molecule has 0 amide bonds. The quantitative estimate of drug-likeness (QED) is 0.355. The molecule has 0 bridgehead atoms. The average molecular weight is 281 g/mol. The van der Waals surface area contributed by atoms with Crippen molar-refractivity contribution < 1.29 is 24.0 Å². The Labute approximate surface area is 115 Å². The zero-order valence-electron chi connectivity index (χ0n) is 11.4. The molecule has 1 rings (SSSR count). The lowest BCUT2D eigenvalue weighted by Crippen LogP contribution is -2.40. The Hall–Kier alpha value is -2.44. The van der Waals surface area contributed by atoms with E-state index in [2.05, 4.69) is 4.74 Å². The van der Waals surface area contributed by atoms with E-state index >= 15 is 0 Å². The highest BCUT2D eigenvalue weighted by Gasteiger charge is 2.35. The maximum atomic E-state index is 11.8. The summed E-state index contributed by atoms with van der Waals surface area (Å²) in [4.78, 5) is 33.1. The van der Waals surface area contributed by atoms with Crippen molar-refractivity contribution in [1.82, 2.24) is 0 Å². The van der Waals surface area contributed by atoms with E-state index in [4.69, 9.17) is 4.74 Å². The van der Waals surface area contributed by atoms with Crippen LogP contribution in [0.25, 0.3) is 0 Å². The molecule has 1 aromatic carbocycles. The predicted octanol–water partition coefficient (Wildman–Crippen LogP) is 2.23. The second-order valence-electron chi connectivity index (χ2n) is 4.45. The number of nitro benzene ring substituents is 1. The highest BCUT2D eigenvalue weighted by molar-refractivity contribution is 5.90. The van der Waals surface area contributed by atoms with E-state index in [0.29, 0.717) is 0 Å². The molecule has 0 aliphatic rings. The van der Waals surface area contributed by atoms with Gasteiger partial charge in [-0.15, -0.1) is 0 Å². The van der Waals surface area contributed by atoms with E-state index in [0.717, 1.165) is 0 Å². The van der Waals surface area contributed by atoms with Gasteiger partial charge in [0.15, 0.2) is 5.75 Å². The van der Waals surface area contributed by atoms with Crippen LogP contribution in [0.1, 0.15) is 27.2 Å². The molecular formula is C13H15NO6. The van der Waals surface area contributed by atoms with Gasteiger partial charge >= 0.3 is 17.6 Å². The molecule has 0 radical (unpaired) electrons. The van der Waals surface area contributed by atoms with Crippen LogP contribution < -0.4 is 4.74 Å². The molecule has 0 aliphatic carbocycles. The predicted molar refractivity (Wildman–Crippen MR) is 69.2 cm³/mol. The van der Waals surface area contributed by atoms with Gasteiger partial charge in [0, 0.05) is 12.5 Å². The normalized spacial score (nSPS) is 10.8. The van der Waals surface area contributed by atoms with Crippen LogP contribution in [0, 0.1) is 10.1 Å². The van der Waals surface area contributed by atoms with Gasteiger partial charge in [-0.1, -0.05) is 19.1 Å². The number of nitro groups is 1. The van der Waals surface area contributed by atoms with Crippen LogP contribution in [-0.2, 0) is 14.3 Å². The minimum absolute atomic E-state index is 0.0489. The maximum Gasteiger partial charge on any atom is 0.357 e. The van der Waals surface area contributed by atoms with E-state index in [1.807, 2.05) is 0 Å². The van der Waals surface area contributed by atoms with E-state index in [9.17, 15) is 19.7 Å². The first-order valence-electron chi connectivity index (χ1n) is 5.95. The summed E-state index contributed by atoms with van der Waals surface area (Å²) < 4.78 is 9.90. The van der Waals surface area contributed by atoms with Gasteiger partial charge in [0.2, 0.25) is 5.60 Å². The number of benzene rings is 1. The van der Waals surface area contributed by atoms with Crippen LogP contribution in [0.4, 0.5) is 5.69 Å². The monoisotopic (exact) mass is 281 g/mol. The summed E-state index contributed by atoms with van der Waals surface area (Å²) in [6.45, 7) is 4.29. The second-order valence-corrected chi connectivity index (χ2v) is 4.45. The molecule has 0 saturated carbocycles. The van der Waals surface area contributed by atoms with Crippen molar-refractivity contribution in [1.29, 1.82) is 0 Å². The molecule has 0 unspecified atom stereocenters. The minimum Gasteiger partial charge on any atom is -0.469 e. The lowest BCUT2D eigenvalue weighted by Gasteiger charge is -2.23. The lowest BCUT2D eigenvalue weighted by atomic mass is 10.1. The first kappa shape index (κ1) is 15.6.